The van der Waals surface area contributed by atoms with E-state index in [9.17, 15) is 4.79 Å². The van der Waals surface area contributed by atoms with Crippen LogP contribution in [0.15, 0.2) is 41.0 Å². The van der Waals surface area contributed by atoms with E-state index in [1.54, 1.807) is 17.2 Å². The number of carbonyl (C=O) groups excluding carboxylic acids is 1. The quantitative estimate of drug-likeness (QED) is 0.817. The van der Waals surface area contributed by atoms with Crippen LogP contribution in [0.4, 0.5) is 11.4 Å². The molecule has 0 spiro atoms. The average molecular weight is 332 g/mol. The summed E-state index contributed by atoms with van der Waals surface area (Å²) in [4.78, 5) is 18.5. The van der Waals surface area contributed by atoms with E-state index in [1.165, 1.54) is 0 Å². The van der Waals surface area contributed by atoms with Crippen LogP contribution in [0, 0.1) is 0 Å². The molecule has 3 rings (SSSR count). The Kier molecular flexibility index (Phi) is 3.44. The number of amides is 1. The topological polar surface area (TPSA) is 59.2 Å². The molecular weight excluding hydrogens is 318 g/mol. The molecule has 1 aliphatic heterocycles. The molecule has 1 amide bonds. The first-order valence-corrected chi connectivity index (χ1v) is 7.26. The summed E-state index contributed by atoms with van der Waals surface area (Å²) in [5, 5.41) is 0. The zero-order valence-electron chi connectivity index (χ0n) is 10.8. The van der Waals surface area contributed by atoms with Crippen LogP contribution in [-0.2, 0) is 6.42 Å². The third kappa shape index (κ3) is 2.41. The summed E-state index contributed by atoms with van der Waals surface area (Å²) in [6.45, 7) is 0.701. The molecule has 20 heavy (non-hydrogen) atoms. The first kappa shape index (κ1) is 13.1. The van der Waals surface area contributed by atoms with Gasteiger partial charge in [0.1, 0.15) is 5.69 Å². The highest BCUT2D eigenvalue weighted by atomic mass is 79.9. The molecule has 1 aromatic carbocycles. The van der Waals surface area contributed by atoms with Crippen molar-refractivity contribution >= 4 is 33.2 Å². The first-order valence-electron chi connectivity index (χ1n) is 6.47. The highest BCUT2D eigenvalue weighted by Gasteiger charge is 2.24. The number of hydrogen-bond acceptors (Lipinski definition) is 3. The zero-order chi connectivity index (χ0) is 14.1. The number of rotatable bonds is 1. The summed E-state index contributed by atoms with van der Waals surface area (Å²) in [6, 6.07) is 9.30. The second-order valence-corrected chi connectivity index (χ2v) is 5.73. The Bertz CT molecular complexity index is 655. The summed E-state index contributed by atoms with van der Waals surface area (Å²) in [7, 11) is 0. The van der Waals surface area contributed by atoms with Gasteiger partial charge in [-0.3, -0.25) is 4.79 Å². The number of aromatic nitrogens is 1. The molecule has 2 N–H and O–H groups in total. The Labute approximate surface area is 125 Å². The number of nitrogens with zero attached hydrogens (tertiary/aromatic N) is 2. The molecule has 2 heterocycles. The van der Waals surface area contributed by atoms with E-state index in [1.807, 2.05) is 24.3 Å². The van der Waals surface area contributed by atoms with E-state index in [4.69, 9.17) is 5.73 Å². The van der Waals surface area contributed by atoms with Gasteiger partial charge in [-0.15, -0.1) is 0 Å². The summed E-state index contributed by atoms with van der Waals surface area (Å²) in [5.41, 5.74) is 9.04. The van der Waals surface area contributed by atoms with Gasteiger partial charge in [-0.2, -0.15) is 0 Å². The van der Waals surface area contributed by atoms with Crippen molar-refractivity contribution < 1.29 is 4.79 Å². The Morgan fingerprint density at radius 3 is 2.90 bits per heavy atom. The molecule has 0 bridgehead atoms. The van der Waals surface area contributed by atoms with Crippen molar-refractivity contribution in [3.05, 3.63) is 52.3 Å². The highest BCUT2D eigenvalue weighted by Crippen LogP contribution is 2.30. The largest absolute Gasteiger partial charge is 0.399 e. The van der Waals surface area contributed by atoms with Gasteiger partial charge in [0, 0.05) is 28.6 Å². The Morgan fingerprint density at radius 1 is 1.30 bits per heavy atom. The number of pyridine rings is 1. The second-order valence-electron chi connectivity index (χ2n) is 4.81. The van der Waals surface area contributed by atoms with Crippen LogP contribution in [-0.4, -0.2) is 17.4 Å². The number of nitrogen functional groups attached to an aromatic ring is 1. The lowest BCUT2D eigenvalue weighted by Gasteiger charge is -2.29. The molecule has 4 nitrogen and oxygen atoms in total. The molecule has 0 atom stereocenters. The van der Waals surface area contributed by atoms with Crippen LogP contribution >= 0.6 is 15.9 Å². The van der Waals surface area contributed by atoms with Crippen LogP contribution in [0.25, 0.3) is 0 Å². The monoisotopic (exact) mass is 331 g/mol. The van der Waals surface area contributed by atoms with Gasteiger partial charge in [0.05, 0.1) is 0 Å². The van der Waals surface area contributed by atoms with Crippen molar-refractivity contribution in [2.75, 3.05) is 17.2 Å². The normalized spacial score (nSPS) is 13.9. The van der Waals surface area contributed by atoms with Gasteiger partial charge >= 0.3 is 0 Å². The third-order valence-corrected chi connectivity index (χ3v) is 3.89. The van der Waals surface area contributed by atoms with Crippen molar-refractivity contribution in [1.29, 1.82) is 0 Å². The number of halogens is 1. The maximum Gasteiger partial charge on any atom is 0.276 e. The maximum absolute atomic E-state index is 12.6. The molecule has 0 unspecified atom stereocenters. The Morgan fingerprint density at radius 2 is 2.15 bits per heavy atom. The standard InChI is InChI=1S/C15H14BrN3O/c16-11-4-6-13(18-9-11)15(20)19-7-1-2-10-3-5-12(17)8-14(10)19/h3-6,8-9H,1-2,7,17H2. The smallest absolute Gasteiger partial charge is 0.276 e. The fraction of sp³-hybridized carbons (Fsp3) is 0.200. The molecule has 1 aromatic heterocycles. The molecule has 0 saturated carbocycles. The molecule has 2 aromatic rings. The van der Waals surface area contributed by atoms with E-state index in [0.29, 0.717) is 17.9 Å². The number of hydrogen-bond donors (Lipinski definition) is 1. The second kappa shape index (κ2) is 5.25. The minimum atomic E-state index is -0.0796. The molecule has 0 radical (unpaired) electrons. The molecule has 0 fully saturated rings. The van der Waals surface area contributed by atoms with E-state index in [0.717, 1.165) is 28.6 Å². The van der Waals surface area contributed by atoms with Crippen molar-refractivity contribution in [3.63, 3.8) is 0 Å². The van der Waals surface area contributed by atoms with Gasteiger partial charge < -0.3 is 10.6 Å². The summed E-state index contributed by atoms with van der Waals surface area (Å²) >= 11 is 3.32. The van der Waals surface area contributed by atoms with E-state index < -0.39 is 0 Å². The van der Waals surface area contributed by atoms with Crippen molar-refractivity contribution in [2.45, 2.75) is 12.8 Å². The fourth-order valence-corrected chi connectivity index (χ4v) is 2.68. The van der Waals surface area contributed by atoms with Gasteiger partial charge in [-0.1, -0.05) is 6.07 Å². The number of nitrogens with two attached hydrogens (primary N) is 1. The van der Waals surface area contributed by atoms with Crippen LogP contribution in [0.5, 0.6) is 0 Å². The van der Waals surface area contributed by atoms with Crippen molar-refractivity contribution in [1.82, 2.24) is 4.98 Å². The van der Waals surface area contributed by atoms with Gasteiger partial charge in [0.15, 0.2) is 0 Å². The zero-order valence-corrected chi connectivity index (χ0v) is 12.4. The van der Waals surface area contributed by atoms with E-state index >= 15 is 0 Å². The van der Waals surface area contributed by atoms with Crippen LogP contribution in [0.1, 0.15) is 22.5 Å². The SMILES string of the molecule is Nc1ccc2c(c1)N(C(=O)c1ccc(Br)cn1)CCC2. The van der Waals surface area contributed by atoms with Crippen LogP contribution in [0.2, 0.25) is 0 Å². The minimum absolute atomic E-state index is 0.0796. The van der Waals surface area contributed by atoms with E-state index in [2.05, 4.69) is 20.9 Å². The van der Waals surface area contributed by atoms with Gasteiger partial charge in [-0.25, -0.2) is 4.98 Å². The molecular formula is C15H14BrN3O. The molecule has 1 aliphatic rings. The predicted molar refractivity (Wildman–Crippen MR) is 82.8 cm³/mol. The number of benzene rings is 1. The van der Waals surface area contributed by atoms with Gasteiger partial charge in [0.2, 0.25) is 0 Å². The van der Waals surface area contributed by atoms with E-state index in [-0.39, 0.29) is 5.91 Å². The Balaban J connectivity index is 1.97. The summed E-state index contributed by atoms with van der Waals surface area (Å²) < 4.78 is 0.859. The minimum Gasteiger partial charge on any atom is -0.399 e. The molecule has 0 aliphatic carbocycles. The number of fused-ring (bicyclic) bond motifs is 1. The number of carbonyl (C=O) groups is 1. The maximum atomic E-state index is 12.6. The van der Waals surface area contributed by atoms with Gasteiger partial charge in [0.25, 0.3) is 5.91 Å². The third-order valence-electron chi connectivity index (χ3n) is 3.42. The lowest BCUT2D eigenvalue weighted by atomic mass is 10.0. The first-order chi connectivity index (χ1) is 9.65. The molecule has 102 valence electrons. The predicted octanol–water partition coefficient (Wildman–Crippen LogP) is 3.02. The lowest BCUT2D eigenvalue weighted by Crippen LogP contribution is -2.36. The average Bonchev–Trinajstić information content (AvgIpc) is 2.46. The summed E-state index contributed by atoms with van der Waals surface area (Å²) in [5.74, 6) is -0.0796. The van der Waals surface area contributed by atoms with Crippen LogP contribution < -0.4 is 10.6 Å². The number of aryl methyl sites for hydroxylation is 1. The summed E-state index contributed by atoms with van der Waals surface area (Å²) in [6.07, 6.45) is 3.57. The Hall–Kier alpha value is -1.88. The van der Waals surface area contributed by atoms with Crippen molar-refractivity contribution in [2.24, 2.45) is 0 Å². The molecule has 0 saturated heterocycles. The lowest BCUT2D eigenvalue weighted by molar-refractivity contribution is 0.0980. The van der Waals surface area contributed by atoms with Crippen LogP contribution in [0.3, 0.4) is 0 Å². The number of anilines is 2. The van der Waals surface area contributed by atoms with Gasteiger partial charge in [-0.05, 0) is 58.6 Å². The highest BCUT2D eigenvalue weighted by molar-refractivity contribution is 9.10. The molecule has 5 heteroatoms. The van der Waals surface area contributed by atoms with Crippen molar-refractivity contribution in [3.8, 4) is 0 Å². The fourth-order valence-electron chi connectivity index (χ4n) is 2.44.